The van der Waals surface area contributed by atoms with E-state index in [9.17, 15) is 0 Å². The van der Waals surface area contributed by atoms with E-state index in [0.717, 1.165) is 19.5 Å². The molecule has 2 heteroatoms. The third kappa shape index (κ3) is 4.98. The van der Waals surface area contributed by atoms with Gasteiger partial charge in [0.2, 0.25) is 0 Å². The van der Waals surface area contributed by atoms with Gasteiger partial charge >= 0.3 is 0 Å². The molecule has 0 spiro atoms. The predicted octanol–water partition coefficient (Wildman–Crippen LogP) is 5.61. The van der Waals surface area contributed by atoms with E-state index < -0.39 is 5.60 Å². The van der Waals surface area contributed by atoms with Gasteiger partial charge in [0.15, 0.2) is 0 Å². The summed E-state index contributed by atoms with van der Waals surface area (Å²) in [6.45, 7) is 1.83. The summed E-state index contributed by atoms with van der Waals surface area (Å²) in [6.07, 6.45) is 5.27. The number of likely N-dealkylation sites (N-methyl/N-ethyl adjacent to an activating group) is 1. The number of hydrogen-bond donors (Lipinski definition) is 0. The molecule has 0 amide bonds. The largest absolute Gasteiger partial charge is 0.369 e. The molecule has 0 fully saturated rings. The van der Waals surface area contributed by atoms with E-state index in [1.165, 1.54) is 16.7 Å². The highest BCUT2D eigenvalue weighted by Gasteiger charge is 2.34. The van der Waals surface area contributed by atoms with E-state index in [-0.39, 0.29) is 0 Å². The molecule has 144 valence electrons. The highest BCUT2D eigenvalue weighted by atomic mass is 16.5. The lowest BCUT2D eigenvalue weighted by atomic mass is 9.83. The van der Waals surface area contributed by atoms with Gasteiger partial charge in [-0.05, 0) is 30.2 Å². The van der Waals surface area contributed by atoms with Gasteiger partial charge in [0.05, 0.1) is 0 Å². The molecule has 3 rings (SSSR count). The second-order valence-electron chi connectivity index (χ2n) is 7.09. The van der Waals surface area contributed by atoms with Gasteiger partial charge in [0.25, 0.3) is 0 Å². The topological polar surface area (TPSA) is 12.5 Å². The zero-order valence-electron chi connectivity index (χ0n) is 16.8. The number of rotatable bonds is 9. The molecule has 28 heavy (non-hydrogen) atoms. The molecule has 0 radical (unpaired) electrons. The third-order valence-corrected chi connectivity index (χ3v) is 5.20. The van der Waals surface area contributed by atoms with Crippen LogP contribution in [0.2, 0.25) is 0 Å². The molecule has 0 unspecified atom stereocenters. The molecule has 0 aliphatic rings. The van der Waals surface area contributed by atoms with Crippen molar-refractivity contribution in [3.8, 4) is 0 Å². The van der Waals surface area contributed by atoms with E-state index in [0.29, 0.717) is 0 Å². The molecule has 0 bridgehead atoms. The van der Waals surface area contributed by atoms with Gasteiger partial charge < -0.3 is 9.64 Å². The Hall–Kier alpha value is -2.68. The first kappa shape index (κ1) is 20.1. The summed E-state index contributed by atoms with van der Waals surface area (Å²) in [6, 6.07) is 31.5. The molecule has 0 atom stereocenters. The Labute approximate surface area is 169 Å². The monoisotopic (exact) mass is 371 g/mol. The fourth-order valence-electron chi connectivity index (χ4n) is 3.58. The molecule has 0 aliphatic heterocycles. The van der Waals surface area contributed by atoms with Crippen molar-refractivity contribution in [2.24, 2.45) is 0 Å². The van der Waals surface area contributed by atoms with Crippen LogP contribution in [0.15, 0.2) is 97.1 Å². The average Bonchev–Trinajstić information content (AvgIpc) is 2.77. The fraction of sp³-hybridized carbons (Fsp3) is 0.231. The molecular weight excluding hydrogens is 342 g/mol. The summed E-state index contributed by atoms with van der Waals surface area (Å²) in [5.41, 5.74) is 3.17. The molecule has 0 heterocycles. The average molecular weight is 372 g/mol. The minimum atomic E-state index is -0.445. The smallest absolute Gasteiger partial charge is 0.119 e. The van der Waals surface area contributed by atoms with Crippen LogP contribution in [-0.4, -0.2) is 32.1 Å². The van der Waals surface area contributed by atoms with Crippen LogP contribution in [0.3, 0.4) is 0 Å². The van der Waals surface area contributed by atoms with Crippen molar-refractivity contribution in [3.63, 3.8) is 0 Å². The summed E-state index contributed by atoms with van der Waals surface area (Å²) in [7, 11) is 3.97. The van der Waals surface area contributed by atoms with Gasteiger partial charge in [-0.2, -0.15) is 0 Å². The summed E-state index contributed by atoms with van der Waals surface area (Å²) in [5, 5.41) is 0. The van der Waals surface area contributed by atoms with Crippen molar-refractivity contribution < 1.29 is 4.74 Å². The number of hydrogen-bond acceptors (Lipinski definition) is 2. The SMILES string of the molecule is COC(CCN(C)CC=Cc1ccccc1)(c1ccccc1)c1ccccc1. The highest BCUT2D eigenvalue weighted by molar-refractivity contribution is 5.48. The van der Waals surface area contributed by atoms with Gasteiger partial charge in [-0.3, -0.25) is 0 Å². The molecular formula is C26H29NO. The maximum absolute atomic E-state index is 6.19. The third-order valence-electron chi connectivity index (χ3n) is 5.20. The zero-order valence-corrected chi connectivity index (χ0v) is 16.8. The standard InChI is InChI=1S/C26H29NO/c1-27(21-12-15-23-13-6-3-7-14-23)22-20-26(28-2,24-16-8-4-9-17-24)25-18-10-5-11-19-25/h3-19H,20-22H2,1-2H3. The fourth-order valence-corrected chi connectivity index (χ4v) is 3.58. The van der Waals surface area contributed by atoms with E-state index in [4.69, 9.17) is 4.74 Å². The predicted molar refractivity (Wildman–Crippen MR) is 118 cm³/mol. The summed E-state index contributed by atoms with van der Waals surface area (Å²) in [5.74, 6) is 0. The highest BCUT2D eigenvalue weighted by Crippen LogP contribution is 2.36. The quantitative estimate of drug-likeness (QED) is 0.484. The van der Waals surface area contributed by atoms with Crippen molar-refractivity contribution in [2.45, 2.75) is 12.0 Å². The summed E-state index contributed by atoms with van der Waals surface area (Å²) >= 11 is 0. The Morgan fingerprint density at radius 1 is 0.786 bits per heavy atom. The lowest BCUT2D eigenvalue weighted by Gasteiger charge is -2.35. The second-order valence-corrected chi connectivity index (χ2v) is 7.09. The van der Waals surface area contributed by atoms with Crippen LogP contribution < -0.4 is 0 Å². The Balaban J connectivity index is 1.72. The normalized spacial score (nSPS) is 12.0. The second kappa shape index (κ2) is 10.0. The van der Waals surface area contributed by atoms with Crippen molar-refractivity contribution >= 4 is 6.08 Å². The van der Waals surface area contributed by atoms with Crippen LogP contribution in [0.25, 0.3) is 6.08 Å². The molecule has 0 N–H and O–H groups in total. The van der Waals surface area contributed by atoms with E-state index >= 15 is 0 Å². The van der Waals surface area contributed by atoms with Crippen LogP contribution in [0.1, 0.15) is 23.1 Å². The van der Waals surface area contributed by atoms with Gasteiger partial charge in [-0.25, -0.2) is 0 Å². The molecule has 2 nitrogen and oxygen atoms in total. The number of methoxy groups -OCH3 is 1. The van der Waals surface area contributed by atoms with E-state index in [1.807, 2.05) is 13.2 Å². The maximum Gasteiger partial charge on any atom is 0.119 e. The first-order chi connectivity index (χ1) is 13.7. The number of benzene rings is 3. The van der Waals surface area contributed by atoms with Crippen molar-refractivity contribution in [1.82, 2.24) is 4.90 Å². The van der Waals surface area contributed by atoms with Gasteiger partial charge in [-0.15, -0.1) is 0 Å². The molecule has 0 aromatic heterocycles. The number of ether oxygens (including phenoxy) is 1. The van der Waals surface area contributed by atoms with E-state index in [1.54, 1.807) is 0 Å². The Kier molecular flexibility index (Phi) is 7.18. The lowest BCUT2D eigenvalue weighted by molar-refractivity contribution is 0.00858. The van der Waals surface area contributed by atoms with Gasteiger partial charge in [0, 0.05) is 20.2 Å². The minimum absolute atomic E-state index is 0.445. The van der Waals surface area contributed by atoms with E-state index in [2.05, 4.69) is 109 Å². The maximum atomic E-state index is 6.19. The first-order valence-electron chi connectivity index (χ1n) is 9.81. The van der Waals surface area contributed by atoms with Crippen molar-refractivity contribution in [3.05, 3.63) is 114 Å². The van der Waals surface area contributed by atoms with Crippen molar-refractivity contribution in [1.29, 1.82) is 0 Å². The molecule has 3 aromatic carbocycles. The first-order valence-corrected chi connectivity index (χ1v) is 9.81. The van der Waals surface area contributed by atoms with Crippen LogP contribution >= 0.6 is 0 Å². The molecule has 3 aromatic rings. The van der Waals surface area contributed by atoms with Crippen LogP contribution in [0.4, 0.5) is 0 Å². The number of nitrogens with zero attached hydrogens (tertiary/aromatic N) is 1. The zero-order chi connectivity index (χ0) is 19.7. The summed E-state index contributed by atoms with van der Waals surface area (Å²) in [4.78, 5) is 2.33. The van der Waals surface area contributed by atoms with Crippen LogP contribution in [0, 0.1) is 0 Å². The van der Waals surface area contributed by atoms with Gasteiger partial charge in [-0.1, -0.05) is 103 Å². The molecule has 0 saturated carbocycles. The lowest BCUT2D eigenvalue weighted by Crippen LogP contribution is -2.35. The molecule has 0 aliphatic carbocycles. The Bertz CT molecular complexity index is 804. The van der Waals surface area contributed by atoms with Crippen molar-refractivity contribution in [2.75, 3.05) is 27.2 Å². The molecule has 0 saturated heterocycles. The van der Waals surface area contributed by atoms with Gasteiger partial charge in [0.1, 0.15) is 5.60 Å². The summed E-state index contributed by atoms with van der Waals surface area (Å²) < 4.78 is 6.19. The minimum Gasteiger partial charge on any atom is -0.369 e. The van der Waals surface area contributed by atoms with Crippen LogP contribution in [0.5, 0.6) is 0 Å². The Morgan fingerprint density at radius 2 is 1.29 bits per heavy atom. The Morgan fingerprint density at radius 3 is 1.79 bits per heavy atom. The van der Waals surface area contributed by atoms with Crippen LogP contribution in [-0.2, 0) is 10.3 Å².